The molecule has 1 aliphatic rings. The van der Waals surface area contributed by atoms with Gasteiger partial charge in [0.15, 0.2) is 0 Å². The number of carbonyl (C=O) groups excluding carboxylic acids is 1. The van der Waals surface area contributed by atoms with Crippen LogP contribution >= 0.6 is 0 Å². The van der Waals surface area contributed by atoms with E-state index in [4.69, 9.17) is 4.74 Å². The fraction of sp³-hybridized carbons (Fsp3) is 0.909. The Labute approximate surface area is 91.8 Å². The molecule has 4 heteroatoms. The number of hydrogen-bond acceptors (Lipinski definition) is 3. The molecule has 0 aliphatic carbocycles. The van der Waals surface area contributed by atoms with Crippen molar-refractivity contribution in [3.8, 4) is 0 Å². The minimum atomic E-state index is 0.123. The molecule has 1 amide bonds. The van der Waals surface area contributed by atoms with E-state index in [-0.39, 0.29) is 5.91 Å². The Morgan fingerprint density at radius 1 is 1.40 bits per heavy atom. The van der Waals surface area contributed by atoms with Crippen LogP contribution in [0, 0.1) is 0 Å². The molecule has 0 bridgehead atoms. The molecule has 0 aromatic carbocycles. The Hall–Kier alpha value is -0.610. The average molecular weight is 214 g/mol. The van der Waals surface area contributed by atoms with Crippen LogP contribution in [0.25, 0.3) is 0 Å². The van der Waals surface area contributed by atoms with Gasteiger partial charge in [0.1, 0.15) is 0 Å². The molecule has 0 radical (unpaired) electrons. The molecule has 2 N–H and O–H groups in total. The zero-order chi connectivity index (χ0) is 10.9. The summed E-state index contributed by atoms with van der Waals surface area (Å²) in [6.45, 7) is 5.38. The summed E-state index contributed by atoms with van der Waals surface area (Å²) >= 11 is 0. The van der Waals surface area contributed by atoms with Crippen molar-refractivity contribution in [3.05, 3.63) is 0 Å². The van der Waals surface area contributed by atoms with Crippen molar-refractivity contribution in [2.75, 3.05) is 26.3 Å². The number of piperidine rings is 1. The molecule has 0 aromatic rings. The van der Waals surface area contributed by atoms with E-state index in [0.29, 0.717) is 19.1 Å². The number of amides is 1. The van der Waals surface area contributed by atoms with E-state index in [1.54, 1.807) is 0 Å². The molecule has 1 aliphatic heterocycles. The van der Waals surface area contributed by atoms with Gasteiger partial charge in [-0.1, -0.05) is 6.92 Å². The summed E-state index contributed by atoms with van der Waals surface area (Å²) in [6.07, 6.45) is 3.59. The smallest absolute Gasteiger partial charge is 0.222 e. The second-order valence-electron chi connectivity index (χ2n) is 3.95. The molecule has 0 spiro atoms. The summed E-state index contributed by atoms with van der Waals surface area (Å²) in [5, 5.41) is 6.31. The third kappa shape index (κ3) is 5.74. The highest BCUT2D eigenvalue weighted by atomic mass is 16.5. The van der Waals surface area contributed by atoms with Gasteiger partial charge in [-0.3, -0.25) is 4.79 Å². The lowest BCUT2D eigenvalue weighted by Gasteiger charge is -2.23. The predicted molar refractivity (Wildman–Crippen MR) is 59.8 cm³/mol. The standard InChI is InChI=1S/C11H22N2O2/c1-2-8-15-9-5-11(14)13-10-3-6-12-7-4-10/h10,12H,2-9H2,1H3,(H,13,14). The normalized spacial score (nSPS) is 17.7. The average Bonchev–Trinajstić information content (AvgIpc) is 2.26. The molecular formula is C11H22N2O2. The Morgan fingerprint density at radius 2 is 2.13 bits per heavy atom. The summed E-state index contributed by atoms with van der Waals surface area (Å²) in [6, 6.07) is 0.366. The van der Waals surface area contributed by atoms with Gasteiger partial charge in [-0.15, -0.1) is 0 Å². The van der Waals surface area contributed by atoms with E-state index >= 15 is 0 Å². The Bertz CT molecular complexity index is 179. The van der Waals surface area contributed by atoms with Crippen molar-refractivity contribution < 1.29 is 9.53 Å². The topological polar surface area (TPSA) is 50.4 Å². The second kappa shape index (κ2) is 7.65. The van der Waals surface area contributed by atoms with Crippen LogP contribution in [0.3, 0.4) is 0 Å². The monoisotopic (exact) mass is 214 g/mol. The summed E-state index contributed by atoms with van der Waals surface area (Å²) in [5.74, 6) is 0.123. The minimum absolute atomic E-state index is 0.123. The number of rotatable bonds is 6. The number of hydrogen-bond donors (Lipinski definition) is 2. The molecule has 1 heterocycles. The molecule has 0 saturated carbocycles. The van der Waals surface area contributed by atoms with Crippen molar-refractivity contribution in [2.45, 2.75) is 38.6 Å². The van der Waals surface area contributed by atoms with Crippen LogP contribution in [0.2, 0.25) is 0 Å². The summed E-state index contributed by atoms with van der Waals surface area (Å²) in [5.41, 5.74) is 0. The van der Waals surface area contributed by atoms with Gasteiger partial charge in [-0.2, -0.15) is 0 Å². The highest BCUT2D eigenvalue weighted by Crippen LogP contribution is 2.02. The first-order valence-corrected chi connectivity index (χ1v) is 5.90. The summed E-state index contributed by atoms with van der Waals surface area (Å²) < 4.78 is 5.27. The number of nitrogens with one attached hydrogen (secondary N) is 2. The number of ether oxygens (including phenoxy) is 1. The molecule has 0 atom stereocenters. The van der Waals surface area contributed by atoms with Crippen molar-refractivity contribution in [2.24, 2.45) is 0 Å². The van der Waals surface area contributed by atoms with Crippen molar-refractivity contribution >= 4 is 5.91 Å². The van der Waals surface area contributed by atoms with E-state index in [0.717, 1.165) is 39.0 Å². The van der Waals surface area contributed by atoms with Gasteiger partial charge in [0, 0.05) is 19.1 Å². The van der Waals surface area contributed by atoms with Crippen LogP contribution in [0.1, 0.15) is 32.6 Å². The lowest BCUT2D eigenvalue weighted by atomic mass is 10.1. The van der Waals surface area contributed by atoms with E-state index in [9.17, 15) is 4.79 Å². The van der Waals surface area contributed by atoms with Gasteiger partial charge in [0.2, 0.25) is 5.91 Å². The molecule has 15 heavy (non-hydrogen) atoms. The van der Waals surface area contributed by atoms with Gasteiger partial charge >= 0.3 is 0 Å². The maximum absolute atomic E-state index is 11.5. The van der Waals surface area contributed by atoms with E-state index in [1.807, 2.05) is 0 Å². The molecule has 1 fully saturated rings. The third-order valence-electron chi connectivity index (χ3n) is 2.53. The minimum Gasteiger partial charge on any atom is -0.381 e. The van der Waals surface area contributed by atoms with Crippen molar-refractivity contribution in [3.63, 3.8) is 0 Å². The van der Waals surface area contributed by atoms with Gasteiger partial charge in [-0.05, 0) is 32.4 Å². The van der Waals surface area contributed by atoms with Crippen molar-refractivity contribution in [1.29, 1.82) is 0 Å². The van der Waals surface area contributed by atoms with Gasteiger partial charge in [0.05, 0.1) is 6.61 Å². The van der Waals surface area contributed by atoms with Crippen LogP contribution < -0.4 is 10.6 Å². The Morgan fingerprint density at radius 3 is 2.80 bits per heavy atom. The molecule has 0 unspecified atom stereocenters. The third-order valence-corrected chi connectivity index (χ3v) is 2.53. The molecule has 1 saturated heterocycles. The Kier molecular flexibility index (Phi) is 6.36. The van der Waals surface area contributed by atoms with Gasteiger partial charge in [-0.25, -0.2) is 0 Å². The Balaban J connectivity index is 2.01. The second-order valence-corrected chi connectivity index (χ2v) is 3.95. The fourth-order valence-corrected chi connectivity index (χ4v) is 1.68. The van der Waals surface area contributed by atoms with E-state index in [2.05, 4.69) is 17.6 Å². The van der Waals surface area contributed by atoms with Gasteiger partial charge in [0.25, 0.3) is 0 Å². The highest BCUT2D eigenvalue weighted by molar-refractivity contribution is 5.76. The van der Waals surface area contributed by atoms with Crippen LogP contribution in [0.4, 0.5) is 0 Å². The summed E-state index contributed by atoms with van der Waals surface area (Å²) in [4.78, 5) is 11.5. The first-order valence-electron chi connectivity index (χ1n) is 5.90. The summed E-state index contributed by atoms with van der Waals surface area (Å²) in [7, 11) is 0. The molecule has 4 nitrogen and oxygen atoms in total. The molecule has 1 rings (SSSR count). The van der Waals surface area contributed by atoms with E-state index in [1.165, 1.54) is 0 Å². The predicted octanol–water partition coefficient (Wildman–Crippen LogP) is 0.671. The largest absolute Gasteiger partial charge is 0.381 e. The van der Waals surface area contributed by atoms with Gasteiger partial charge < -0.3 is 15.4 Å². The molecule has 88 valence electrons. The zero-order valence-electron chi connectivity index (χ0n) is 9.55. The molecular weight excluding hydrogens is 192 g/mol. The first kappa shape index (κ1) is 12.5. The zero-order valence-corrected chi connectivity index (χ0v) is 9.55. The first-order chi connectivity index (χ1) is 7.33. The lowest BCUT2D eigenvalue weighted by molar-refractivity contribution is -0.123. The van der Waals surface area contributed by atoms with E-state index < -0.39 is 0 Å². The number of carbonyl (C=O) groups is 1. The fourth-order valence-electron chi connectivity index (χ4n) is 1.68. The quantitative estimate of drug-likeness (QED) is 0.639. The molecule has 0 aromatic heterocycles. The van der Waals surface area contributed by atoms with Crippen LogP contribution in [0.5, 0.6) is 0 Å². The van der Waals surface area contributed by atoms with Crippen molar-refractivity contribution in [1.82, 2.24) is 10.6 Å². The maximum Gasteiger partial charge on any atom is 0.222 e. The lowest BCUT2D eigenvalue weighted by Crippen LogP contribution is -2.42. The highest BCUT2D eigenvalue weighted by Gasteiger charge is 2.14. The SMILES string of the molecule is CCCOCCC(=O)NC1CCNCC1. The van der Waals surface area contributed by atoms with Crippen LogP contribution in [0.15, 0.2) is 0 Å². The van der Waals surface area contributed by atoms with Crippen LogP contribution in [-0.2, 0) is 9.53 Å². The van der Waals surface area contributed by atoms with Crippen LogP contribution in [-0.4, -0.2) is 38.3 Å². The maximum atomic E-state index is 11.5.